The van der Waals surface area contributed by atoms with Gasteiger partial charge in [-0.3, -0.25) is 14.2 Å². The van der Waals surface area contributed by atoms with E-state index in [1.165, 1.54) is 11.3 Å². The van der Waals surface area contributed by atoms with Crippen molar-refractivity contribution >= 4 is 46.1 Å². The third kappa shape index (κ3) is 5.47. The van der Waals surface area contributed by atoms with Crippen LogP contribution in [0.1, 0.15) is 74.8 Å². The Bertz CT molecular complexity index is 2020. The number of nitrogens with zero attached hydrogens (tertiary/aromatic N) is 3. The Balaban J connectivity index is 1.59. The van der Waals surface area contributed by atoms with E-state index in [-0.39, 0.29) is 29.2 Å². The number of halogens is 1. The molecule has 9 heteroatoms. The number of ether oxygens (including phenoxy) is 1. The predicted molar refractivity (Wildman–Crippen MR) is 178 cm³/mol. The van der Waals surface area contributed by atoms with E-state index in [0.29, 0.717) is 50.3 Å². The highest BCUT2D eigenvalue weighted by atomic mass is 35.5. The fraction of sp³-hybridized carbons (Fsp3) is 0.278. The summed E-state index contributed by atoms with van der Waals surface area (Å²) < 4.78 is 7.39. The van der Waals surface area contributed by atoms with Gasteiger partial charge in [0.05, 0.1) is 41.7 Å². The van der Waals surface area contributed by atoms with Crippen LogP contribution in [-0.2, 0) is 20.9 Å². The van der Waals surface area contributed by atoms with E-state index in [1.54, 1.807) is 22.5 Å². The van der Waals surface area contributed by atoms with Crippen molar-refractivity contribution in [3.05, 3.63) is 131 Å². The Morgan fingerprint density at radius 2 is 1.71 bits per heavy atom. The Hall–Kier alpha value is -4.27. The molecule has 0 aliphatic carbocycles. The van der Waals surface area contributed by atoms with Crippen molar-refractivity contribution in [2.24, 2.45) is 4.99 Å². The number of allylic oxidation sites excluding steroid dienone is 1. The monoisotopic (exact) mass is 639 g/mol. The van der Waals surface area contributed by atoms with E-state index in [4.69, 9.17) is 21.3 Å². The van der Waals surface area contributed by atoms with E-state index in [0.717, 1.165) is 23.1 Å². The second kappa shape index (κ2) is 12.6. The maximum absolute atomic E-state index is 14.6. The lowest BCUT2D eigenvalue weighted by Crippen LogP contribution is -2.41. The molecule has 4 aromatic rings. The molecule has 0 saturated carbocycles. The molecule has 3 heterocycles. The zero-order chi connectivity index (χ0) is 31.8. The van der Waals surface area contributed by atoms with Gasteiger partial charge in [-0.15, -0.1) is 0 Å². The number of fused-ring (bicyclic) bond motifs is 2. The van der Waals surface area contributed by atoms with Gasteiger partial charge in [0.1, 0.15) is 4.53 Å². The fourth-order valence-electron chi connectivity index (χ4n) is 6.00. The third-order valence-corrected chi connectivity index (χ3v) is 9.65. The van der Waals surface area contributed by atoms with Crippen LogP contribution in [-0.4, -0.2) is 23.1 Å². The number of anilines is 1. The predicted octanol–water partition coefficient (Wildman–Crippen LogP) is 6.27. The van der Waals surface area contributed by atoms with E-state index in [1.807, 2.05) is 73.7 Å². The van der Waals surface area contributed by atoms with Crippen molar-refractivity contribution < 1.29 is 14.3 Å². The molecular formula is C36H34ClN3O4S. The van der Waals surface area contributed by atoms with Crippen LogP contribution in [0.25, 0.3) is 5.57 Å². The summed E-state index contributed by atoms with van der Waals surface area (Å²) in [6, 6.07) is 22.2. The minimum absolute atomic E-state index is 0.196. The van der Waals surface area contributed by atoms with Crippen LogP contribution in [0.15, 0.2) is 93.9 Å². The molecule has 2 aliphatic rings. The lowest BCUT2D eigenvalue weighted by Gasteiger charge is -2.26. The molecule has 1 amide bonds. The first kappa shape index (κ1) is 30.7. The van der Waals surface area contributed by atoms with E-state index in [9.17, 15) is 14.4 Å². The Morgan fingerprint density at radius 3 is 2.40 bits per heavy atom. The van der Waals surface area contributed by atoms with Crippen molar-refractivity contribution in [3.8, 4) is 0 Å². The number of rotatable bonds is 8. The molecule has 1 atom stereocenters. The van der Waals surface area contributed by atoms with Gasteiger partial charge in [-0.2, -0.15) is 0 Å². The van der Waals surface area contributed by atoms with Gasteiger partial charge in [0.2, 0.25) is 0 Å². The average molecular weight is 640 g/mol. The lowest BCUT2D eigenvalue weighted by atomic mass is 9.92. The van der Waals surface area contributed by atoms with Crippen molar-refractivity contribution in [3.63, 3.8) is 0 Å². The number of carbonyl (C=O) groups is 2. The first-order valence-electron chi connectivity index (χ1n) is 15.2. The van der Waals surface area contributed by atoms with Crippen LogP contribution in [0.3, 0.4) is 0 Å². The van der Waals surface area contributed by atoms with E-state index >= 15 is 0 Å². The van der Waals surface area contributed by atoms with Crippen LogP contribution in [0.4, 0.5) is 5.69 Å². The second-order valence-electron chi connectivity index (χ2n) is 11.4. The summed E-state index contributed by atoms with van der Waals surface area (Å²) in [7, 11) is 0. The second-order valence-corrected chi connectivity index (χ2v) is 12.8. The minimum Gasteiger partial charge on any atom is -0.463 e. The van der Waals surface area contributed by atoms with Gasteiger partial charge in [-0.05, 0) is 48.1 Å². The Morgan fingerprint density at radius 1 is 1.00 bits per heavy atom. The molecule has 0 unspecified atom stereocenters. The number of para-hydroxylation sites is 1. The standard InChI is InChI=1S/C36H34ClN3O4S/c1-5-11-27-30(35(43)44-6-2)31(23-18-16-22(17-19-23)21(3)4)40-34(42)32(45-36(40)38-27)29-25-13-8-10-15-28(25)39(33(29)41)20-24-12-7-9-14-26(24)37/h7-10,12-19,21,31H,5-6,11,20H2,1-4H3/b32-29+/t31-/m0/s1. The number of aromatic nitrogens is 1. The summed E-state index contributed by atoms with van der Waals surface area (Å²) in [5.74, 6) is -0.452. The molecule has 45 heavy (non-hydrogen) atoms. The van der Waals surface area contributed by atoms with Gasteiger partial charge in [0, 0.05) is 10.6 Å². The maximum Gasteiger partial charge on any atom is 0.338 e. The quantitative estimate of drug-likeness (QED) is 0.213. The highest BCUT2D eigenvalue weighted by molar-refractivity contribution is 7.07. The maximum atomic E-state index is 14.6. The molecule has 0 radical (unpaired) electrons. The number of esters is 1. The normalized spacial score (nSPS) is 17.0. The first-order valence-corrected chi connectivity index (χ1v) is 16.4. The van der Waals surface area contributed by atoms with Crippen molar-refractivity contribution in [2.45, 2.75) is 59.0 Å². The molecule has 0 spiro atoms. The van der Waals surface area contributed by atoms with E-state index < -0.39 is 12.0 Å². The fourth-order valence-corrected chi connectivity index (χ4v) is 7.31. The molecule has 0 bridgehead atoms. The lowest BCUT2D eigenvalue weighted by molar-refractivity contribution is -0.139. The summed E-state index contributed by atoms with van der Waals surface area (Å²) in [6.45, 7) is 8.48. The number of carbonyl (C=O) groups excluding carboxylic acids is 2. The minimum atomic E-state index is -0.747. The van der Waals surface area contributed by atoms with Gasteiger partial charge in [0.15, 0.2) is 4.80 Å². The van der Waals surface area contributed by atoms with Crippen LogP contribution in [0.2, 0.25) is 5.02 Å². The van der Waals surface area contributed by atoms with Crippen LogP contribution >= 0.6 is 22.9 Å². The molecule has 0 saturated heterocycles. The summed E-state index contributed by atoms with van der Waals surface area (Å²) in [6.07, 6.45) is 1.30. The van der Waals surface area contributed by atoms with Gasteiger partial charge in [-0.1, -0.05) is 111 Å². The third-order valence-electron chi connectivity index (χ3n) is 8.22. The SMILES string of the molecule is CCCC1=C(C(=O)OCC)[C@H](c2ccc(C(C)C)cc2)n2c(s/c(=C3/C(=O)N(Cc4ccccc4Cl)c4ccccc43)c2=O)=N1. The highest BCUT2D eigenvalue weighted by Crippen LogP contribution is 2.38. The van der Waals surface area contributed by atoms with Crippen molar-refractivity contribution in [1.82, 2.24) is 4.57 Å². The van der Waals surface area contributed by atoms with Crippen molar-refractivity contribution in [1.29, 1.82) is 0 Å². The molecule has 230 valence electrons. The van der Waals surface area contributed by atoms with Gasteiger partial charge in [-0.25, -0.2) is 9.79 Å². The summed E-state index contributed by atoms with van der Waals surface area (Å²) in [4.78, 5) is 49.3. The molecule has 1 aromatic heterocycles. The molecular weight excluding hydrogens is 606 g/mol. The average Bonchev–Trinajstić information content (AvgIpc) is 3.50. The first-order chi connectivity index (χ1) is 21.7. The number of hydrogen-bond donors (Lipinski definition) is 0. The largest absolute Gasteiger partial charge is 0.463 e. The molecule has 2 aliphatic heterocycles. The number of hydrogen-bond acceptors (Lipinski definition) is 6. The Kier molecular flexibility index (Phi) is 8.62. The van der Waals surface area contributed by atoms with Crippen molar-refractivity contribution in [2.75, 3.05) is 11.5 Å². The zero-order valence-electron chi connectivity index (χ0n) is 25.7. The van der Waals surface area contributed by atoms with Gasteiger partial charge < -0.3 is 9.64 Å². The zero-order valence-corrected chi connectivity index (χ0v) is 27.2. The smallest absolute Gasteiger partial charge is 0.338 e. The molecule has 3 aromatic carbocycles. The van der Waals surface area contributed by atoms with Crippen LogP contribution in [0.5, 0.6) is 0 Å². The molecule has 6 rings (SSSR count). The number of amides is 1. The molecule has 0 fully saturated rings. The summed E-state index contributed by atoms with van der Waals surface area (Å²) >= 11 is 7.66. The van der Waals surface area contributed by atoms with Gasteiger partial charge >= 0.3 is 5.97 Å². The van der Waals surface area contributed by atoms with Crippen LogP contribution < -0.4 is 19.8 Å². The molecule has 0 N–H and O–H groups in total. The summed E-state index contributed by atoms with van der Waals surface area (Å²) in [5.41, 5.74) is 5.04. The van der Waals surface area contributed by atoms with Gasteiger partial charge in [0.25, 0.3) is 11.5 Å². The van der Waals surface area contributed by atoms with Crippen LogP contribution in [0, 0.1) is 0 Å². The Labute approximate surface area is 270 Å². The van der Waals surface area contributed by atoms with E-state index in [2.05, 4.69) is 13.8 Å². The topological polar surface area (TPSA) is 81.0 Å². The summed E-state index contributed by atoms with van der Waals surface area (Å²) in [5, 5.41) is 0.564. The number of thiazole rings is 1. The number of benzene rings is 3. The highest BCUT2D eigenvalue weighted by Gasteiger charge is 2.38. The molecule has 7 nitrogen and oxygen atoms in total.